The molecule has 0 amide bonds. The summed E-state index contributed by atoms with van der Waals surface area (Å²) in [4.78, 5) is 3.99. The molecule has 0 fully saturated rings. The first kappa shape index (κ1) is 5.71. The van der Waals surface area contributed by atoms with Crippen molar-refractivity contribution in [3.63, 3.8) is 0 Å². The summed E-state index contributed by atoms with van der Waals surface area (Å²) in [5, 5.41) is 3.02. The normalized spacial score (nSPS) is 5.67. The van der Waals surface area contributed by atoms with Crippen LogP contribution in [0, 0.1) is 0 Å². The first-order valence-electron chi connectivity index (χ1n) is 1.08. The minimum absolute atomic E-state index is 2.10. The molecule has 0 spiro atoms. The van der Waals surface area contributed by atoms with E-state index in [0.29, 0.717) is 0 Å². The second-order valence-electron chi connectivity index (χ2n) is 0.389. The van der Waals surface area contributed by atoms with Crippen LogP contribution < -0.4 is 0 Å². The van der Waals surface area contributed by atoms with Gasteiger partial charge < -0.3 is 0 Å². The van der Waals surface area contributed by atoms with Gasteiger partial charge in [-0.1, -0.05) is 0 Å². The molecule has 0 bridgehead atoms. The van der Waals surface area contributed by atoms with Crippen LogP contribution in [-0.2, 0) is 24.0 Å². The summed E-state index contributed by atoms with van der Waals surface area (Å²) in [7, 11) is 0. The first-order chi connectivity index (χ1) is 2.91. The van der Waals surface area contributed by atoms with Crippen molar-refractivity contribution >= 4 is 5.87 Å². The Balaban J connectivity index is 3.07. The van der Waals surface area contributed by atoms with Crippen LogP contribution in [0.1, 0.15) is 0 Å². The Kier molecular flexibility index (Phi) is 4.49. The number of nitrogens with zero attached hydrogens (tertiary/aromatic N) is 2. The van der Waals surface area contributed by atoms with E-state index in [1.54, 1.807) is 0 Å². The number of hydrogen-bond donors (Lipinski definition) is 0. The van der Waals surface area contributed by atoms with Gasteiger partial charge in [0.15, 0.2) is 0 Å². The van der Waals surface area contributed by atoms with E-state index in [4.69, 9.17) is 0 Å². The Hall–Kier alpha value is -0.288. The molecule has 36 valence electrons. The van der Waals surface area contributed by atoms with Gasteiger partial charge in [0, 0.05) is 0 Å². The maximum atomic E-state index is 3.99. The number of hydrogen-bond acceptors (Lipinski definition) is 3. The third-order valence-electron chi connectivity index (χ3n) is 0.131. The van der Waals surface area contributed by atoms with Crippen molar-refractivity contribution in [2.45, 2.75) is 0 Å². The van der Waals surface area contributed by atoms with Crippen molar-refractivity contribution in [2.24, 2.45) is 8.89 Å². The Bertz CT molecular complexity index is 85.5. The molecular weight excluding hydrogens is 174 g/mol. The van der Waals surface area contributed by atoms with Crippen LogP contribution in [0.25, 0.3) is 0 Å². The molecule has 0 saturated heterocycles. The summed E-state index contributed by atoms with van der Waals surface area (Å²) in [6.07, 6.45) is 0. The van der Waals surface area contributed by atoms with E-state index in [1.165, 1.54) is 0 Å². The quantitative estimate of drug-likeness (QED) is 0.341. The SMILES string of the molecule is C=C=NO[N]=[Pd]. The van der Waals surface area contributed by atoms with Crippen molar-refractivity contribution in [2.75, 3.05) is 0 Å². The summed E-state index contributed by atoms with van der Waals surface area (Å²) >= 11 is 2.37. The second-order valence-corrected chi connectivity index (χ2v) is 0.673. The Labute approximate surface area is 45.9 Å². The Morgan fingerprint density at radius 2 is 2.50 bits per heavy atom. The summed E-state index contributed by atoms with van der Waals surface area (Å²) in [5.74, 6) is 2.10. The topological polar surface area (TPSA) is 34.0 Å². The Morgan fingerprint density at radius 1 is 1.83 bits per heavy atom. The van der Waals surface area contributed by atoms with Crippen LogP contribution in [0.2, 0.25) is 0 Å². The summed E-state index contributed by atoms with van der Waals surface area (Å²) < 4.78 is 3.01. The van der Waals surface area contributed by atoms with Crippen LogP contribution in [-0.4, -0.2) is 5.87 Å². The van der Waals surface area contributed by atoms with Gasteiger partial charge >= 0.3 is 45.3 Å². The third kappa shape index (κ3) is 3.71. The fraction of sp³-hybridized carbons (Fsp3) is 0. The standard InChI is InChI=1S/C2H2N2O.Pd/c1-2-4-5-3;/h1H2;. The van der Waals surface area contributed by atoms with E-state index in [0.717, 1.165) is 0 Å². The maximum absolute atomic E-state index is 3.99. The van der Waals surface area contributed by atoms with Crippen LogP contribution in [0.4, 0.5) is 0 Å². The summed E-state index contributed by atoms with van der Waals surface area (Å²) in [5.41, 5.74) is 0. The molecule has 3 nitrogen and oxygen atoms in total. The van der Waals surface area contributed by atoms with E-state index in [2.05, 4.69) is 45.3 Å². The zero-order valence-electron chi connectivity index (χ0n) is 2.83. The molecule has 0 aliphatic rings. The molecule has 0 aliphatic heterocycles. The van der Waals surface area contributed by atoms with Gasteiger partial charge in [-0.2, -0.15) is 0 Å². The van der Waals surface area contributed by atoms with Gasteiger partial charge in [0.1, 0.15) is 0 Å². The molecule has 6 heavy (non-hydrogen) atoms. The molecule has 0 N–H and O–H groups in total. The molecule has 0 saturated carbocycles. The molecule has 0 aliphatic carbocycles. The van der Waals surface area contributed by atoms with Crippen LogP contribution >= 0.6 is 0 Å². The van der Waals surface area contributed by atoms with Gasteiger partial charge in [-0.25, -0.2) is 0 Å². The second kappa shape index (κ2) is 4.71. The average molecular weight is 176 g/mol. The molecule has 0 aromatic rings. The van der Waals surface area contributed by atoms with E-state index >= 15 is 0 Å². The summed E-state index contributed by atoms with van der Waals surface area (Å²) in [6, 6.07) is 0. The van der Waals surface area contributed by atoms with E-state index in [-0.39, 0.29) is 0 Å². The zero-order chi connectivity index (χ0) is 4.83. The van der Waals surface area contributed by atoms with Gasteiger partial charge in [0.2, 0.25) is 0 Å². The fourth-order valence-corrected chi connectivity index (χ4v) is 0.105. The molecule has 0 radical (unpaired) electrons. The van der Waals surface area contributed by atoms with Crippen molar-refractivity contribution in [1.82, 2.24) is 0 Å². The molecule has 0 atom stereocenters. The Morgan fingerprint density at radius 3 is 2.67 bits per heavy atom. The predicted octanol–water partition coefficient (Wildman–Crippen LogP) is 0.419. The monoisotopic (exact) mass is 176 g/mol. The van der Waals surface area contributed by atoms with Crippen molar-refractivity contribution < 1.29 is 24.0 Å². The molecule has 0 heterocycles. The summed E-state index contributed by atoms with van der Waals surface area (Å²) in [6.45, 7) is 3.10. The molecule has 0 rings (SSSR count). The van der Waals surface area contributed by atoms with Crippen molar-refractivity contribution in [3.05, 3.63) is 6.58 Å². The van der Waals surface area contributed by atoms with E-state index < -0.39 is 0 Å². The zero-order valence-corrected chi connectivity index (χ0v) is 4.38. The van der Waals surface area contributed by atoms with E-state index in [9.17, 15) is 0 Å². The first-order valence-corrected chi connectivity index (χ1v) is 1.78. The van der Waals surface area contributed by atoms with Crippen molar-refractivity contribution in [3.8, 4) is 0 Å². The molecule has 0 aromatic heterocycles. The predicted molar refractivity (Wildman–Crippen MR) is 16.6 cm³/mol. The van der Waals surface area contributed by atoms with Gasteiger partial charge in [0.25, 0.3) is 0 Å². The number of rotatable bonds is 2. The van der Waals surface area contributed by atoms with Crippen molar-refractivity contribution in [1.29, 1.82) is 0 Å². The van der Waals surface area contributed by atoms with Gasteiger partial charge in [-0.3, -0.25) is 0 Å². The molecule has 0 unspecified atom stereocenters. The average Bonchev–Trinajstić information content (AvgIpc) is 1.61. The minimum atomic E-state index is 2.10. The third-order valence-corrected chi connectivity index (χ3v) is 0.258. The molecule has 0 aromatic carbocycles. The molecular formula is C2H2N2OPd. The van der Waals surface area contributed by atoms with Gasteiger partial charge in [-0.15, -0.1) is 0 Å². The fourth-order valence-electron chi connectivity index (χ4n) is 0.0418. The molecule has 4 heteroatoms. The van der Waals surface area contributed by atoms with Crippen LogP contribution in [0.15, 0.2) is 15.5 Å². The van der Waals surface area contributed by atoms with Crippen LogP contribution in [0.5, 0.6) is 0 Å². The van der Waals surface area contributed by atoms with Crippen LogP contribution in [0.3, 0.4) is 0 Å². The van der Waals surface area contributed by atoms with Gasteiger partial charge in [-0.05, 0) is 0 Å². The van der Waals surface area contributed by atoms with Gasteiger partial charge in [0.05, 0.1) is 0 Å². The van der Waals surface area contributed by atoms with E-state index in [1.807, 2.05) is 0 Å².